The fourth-order valence-corrected chi connectivity index (χ4v) is 2.33. The van der Waals surface area contributed by atoms with Crippen LogP contribution in [0.3, 0.4) is 0 Å². The van der Waals surface area contributed by atoms with E-state index in [2.05, 4.69) is 33.0 Å². The van der Waals surface area contributed by atoms with Gasteiger partial charge in [-0.15, -0.1) is 0 Å². The van der Waals surface area contributed by atoms with E-state index in [0.29, 0.717) is 11.6 Å². The minimum absolute atomic E-state index is 0.0568. The predicted octanol–water partition coefficient (Wildman–Crippen LogP) is 3.49. The van der Waals surface area contributed by atoms with Crippen molar-refractivity contribution in [1.29, 1.82) is 0 Å². The van der Waals surface area contributed by atoms with Gasteiger partial charge >= 0.3 is 0 Å². The highest BCUT2D eigenvalue weighted by Gasteiger charge is 2.07. The standard InChI is InChI=1S/C17H14IN3O2/c18-13-6-8-15(9-7-13)23-12-17(22)19-16-10-11-21(20-16)14-4-2-1-3-5-14/h1-11H,12H2,(H,19,20,22). The van der Waals surface area contributed by atoms with Crippen LogP contribution < -0.4 is 10.1 Å². The lowest BCUT2D eigenvalue weighted by atomic mass is 10.3. The van der Waals surface area contributed by atoms with Crippen molar-refractivity contribution in [2.24, 2.45) is 0 Å². The Morgan fingerprint density at radius 1 is 1.09 bits per heavy atom. The fourth-order valence-electron chi connectivity index (χ4n) is 1.97. The zero-order chi connectivity index (χ0) is 16.1. The third kappa shape index (κ3) is 4.32. The average Bonchev–Trinajstić information content (AvgIpc) is 3.04. The van der Waals surface area contributed by atoms with Gasteiger partial charge in [-0.25, -0.2) is 4.68 Å². The lowest BCUT2D eigenvalue weighted by Crippen LogP contribution is -2.20. The molecule has 3 aromatic rings. The van der Waals surface area contributed by atoms with Crippen LogP contribution in [0.5, 0.6) is 5.75 Å². The van der Waals surface area contributed by atoms with E-state index in [-0.39, 0.29) is 12.5 Å². The molecule has 0 bridgehead atoms. The van der Waals surface area contributed by atoms with E-state index >= 15 is 0 Å². The van der Waals surface area contributed by atoms with E-state index in [0.717, 1.165) is 9.26 Å². The molecule has 0 atom stereocenters. The Morgan fingerprint density at radius 3 is 2.57 bits per heavy atom. The SMILES string of the molecule is O=C(COc1ccc(I)cc1)Nc1ccn(-c2ccccc2)n1. The molecule has 0 unspecified atom stereocenters. The molecule has 0 aliphatic heterocycles. The number of benzene rings is 2. The maximum absolute atomic E-state index is 11.9. The first-order valence-corrected chi connectivity index (χ1v) is 8.08. The molecule has 5 nitrogen and oxygen atoms in total. The Balaban J connectivity index is 1.56. The van der Waals surface area contributed by atoms with E-state index < -0.39 is 0 Å². The lowest BCUT2D eigenvalue weighted by Gasteiger charge is -2.06. The van der Waals surface area contributed by atoms with Crippen molar-refractivity contribution < 1.29 is 9.53 Å². The highest BCUT2D eigenvalue weighted by molar-refractivity contribution is 14.1. The topological polar surface area (TPSA) is 56.1 Å². The van der Waals surface area contributed by atoms with Crippen molar-refractivity contribution in [2.75, 3.05) is 11.9 Å². The smallest absolute Gasteiger partial charge is 0.263 e. The number of nitrogens with zero attached hydrogens (tertiary/aromatic N) is 2. The molecular formula is C17H14IN3O2. The maximum atomic E-state index is 11.9. The molecule has 116 valence electrons. The number of carbonyl (C=O) groups is 1. The summed E-state index contributed by atoms with van der Waals surface area (Å²) < 4.78 is 8.26. The molecule has 0 saturated heterocycles. The van der Waals surface area contributed by atoms with Gasteiger partial charge in [-0.3, -0.25) is 4.79 Å². The first-order chi connectivity index (χ1) is 11.2. The van der Waals surface area contributed by atoms with Crippen molar-refractivity contribution in [1.82, 2.24) is 9.78 Å². The van der Waals surface area contributed by atoms with Crippen molar-refractivity contribution >= 4 is 34.3 Å². The molecule has 0 fully saturated rings. The first-order valence-electron chi connectivity index (χ1n) is 7.00. The molecule has 0 spiro atoms. The van der Waals surface area contributed by atoms with Gasteiger partial charge in [0.25, 0.3) is 5.91 Å². The van der Waals surface area contributed by atoms with Gasteiger partial charge in [-0.05, 0) is 59.0 Å². The van der Waals surface area contributed by atoms with E-state index in [1.54, 1.807) is 16.9 Å². The number of rotatable bonds is 5. The highest BCUT2D eigenvalue weighted by Crippen LogP contribution is 2.14. The van der Waals surface area contributed by atoms with Gasteiger partial charge in [0.1, 0.15) is 5.75 Å². The summed E-state index contributed by atoms with van der Waals surface area (Å²) in [5.74, 6) is 0.905. The van der Waals surface area contributed by atoms with E-state index in [4.69, 9.17) is 4.74 Å². The molecular weight excluding hydrogens is 405 g/mol. The molecule has 1 heterocycles. The van der Waals surface area contributed by atoms with E-state index in [1.165, 1.54) is 0 Å². The zero-order valence-corrected chi connectivity index (χ0v) is 14.3. The van der Waals surface area contributed by atoms with Gasteiger partial charge in [0.2, 0.25) is 0 Å². The molecule has 0 radical (unpaired) electrons. The molecule has 0 saturated carbocycles. The van der Waals surface area contributed by atoms with Crippen LogP contribution in [0.25, 0.3) is 5.69 Å². The zero-order valence-electron chi connectivity index (χ0n) is 12.1. The summed E-state index contributed by atoms with van der Waals surface area (Å²) >= 11 is 2.21. The van der Waals surface area contributed by atoms with Gasteiger partial charge in [0.15, 0.2) is 12.4 Å². The fraction of sp³-hybridized carbons (Fsp3) is 0.0588. The first kappa shape index (κ1) is 15.5. The molecule has 1 aromatic heterocycles. The van der Waals surface area contributed by atoms with E-state index in [9.17, 15) is 4.79 Å². The number of aromatic nitrogens is 2. The average molecular weight is 419 g/mol. The summed E-state index contributed by atoms with van der Waals surface area (Å²) in [5.41, 5.74) is 0.933. The van der Waals surface area contributed by atoms with Crippen molar-refractivity contribution in [3.05, 3.63) is 70.4 Å². The number of anilines is 1. The Kier molecular flexibility index (Phi) is 4.92. The number of hydrogen-bond donors (Lipinski definition) is 1. The van der Waals surface area contributed by atoms with Gasteiger partial charge in [0.05, 0.1) is 5.69 Å². The molecule has 0 aliphatic carbocycles. The third-order valence-corrected chi connectivity index (χ3v) is 3.78. The Hall–Kier alpha value is -2.35. The summed E-state index contributed by atoms with van der Waals surface area (Å²) in [7, 11) is 0. The van der Waals surface area contributed by atoms with Gasteiger partial charge in [-0.2, -0.15) is 5.10 Å². The monoisotopic (exact) mass is 419 g/mol. The maximum Gasteiger partial charge on any atom is 0.263 e. The Labute approximate surface area is 147 Å². The molecule has 23 heavy (non-hydrogen) atoms. The van der Waals surface area contributed by atoms with Crippen LogP contribution in [-0.4, -0.2) is 22.3 Å². The van der Waals surface area contributed by atoms with Crippen molar-refractivity contribution in [3.8, 4) is 11.4 Å². The largest absolute Gasteiger partial charge is 0.484 e. The van der Waals surface area contributed by atoms with Crippen LogP contribution in [0.2, 0.25) is 0 Å². The number of carbonyl (C=O) groups excluding carboxylic acids is 1. The molecule has 1 amide bonds. The van der Waals surface area contributed by atoms with Crippen molar-refractivity contribution in [3.63, 3.8) is 0 Å². The summed E-state index contributed by atoms with van der Waals surface area (Å²) in [5, 5.41) is 7.03. The Bertz CT molecular complexity index is 785. The van der Waals surface area contributed by atoms with Crippen LogP contribution in [0.15, 0.2) is 66.9 Å². The summed E-state index contributed by atoms with van der Waals surface area (Å²) in [4.78, 5) is 11.9. The third-order valence-electron chi connectivity index (χ3n) is 3.06. The summed E-state index contributed by atoms with van der Waals surface area (Å²) in [6, 6.07) is 19.0. The van der Waals surface area contributed by atoms with E-state index in [1.807, 2.05) is 54.6 Å². The van der Waals surface area contributed by atoms with Gasteiger partial charge in [0, 0.05) is 15.8 Å². The Morgan fingerprint density at radius 2 is 1.83 bits per heavy atom. The number of para-hydroxylation sites is 1. The van der Waals surface area contributed by atoms with Crippen LogP contribution in [0.4, 0.5) is 5.82 Å². The molecule has 6 heteroatoms. The normalized spacial score (nSPS) is 10.3. The predicted molar refractivity (Wildman–Crippen MR) is 96.8 cm³/mol. The van der Waals surface area contributed by atoms with Crippen LogP contribution in [-0.2, 0) is 4.79 Å². The highest BCUT2D eigenvalue weighted by atomic mass is 127. The summed E-state index contributed by atoms with van der Waals surface area (Å²) in [6.07, 6.45) is 1.80. The van der Waals surface area contributed by atoms with Crippen molar-refractivity contribution in [2.45, 2.75) is 0 Å². The number of halogens is 1. The minimum atomic E-state index is -0.248. The second-order valence-electron chi connectivity index (χ2n) is 4.77. The second-order valence-corrected chi connectivity index (χ2v) is 6.02. The summed E-state index contributed by atoms with van der Waals surface area (Å²) in [6.45, 7) is -0.0568. The number of amides is 1. The molecule has 2 aromatic carbocycles. The molecule has 0 aliphatic rings. The van der Waals surface area contributed by atoms with Crippen LogP contribution >= 0.6 is 22.6 Å². The van der Waals surface area contributed by atoms with Crippen LogP contribution in [0.1, 0.15) is 0 Å². The molecule has 1 N–H and O–H groups in total. The number of ether oxygens (including phenoxy) is 1. The number of nitrogens with one attached hydrogen (secondary N) is 1. The van der Waals surface area contributed by atoms with Gasteiger partial charge < -0.3 is 10.1 Å². The molecule has 3 rings (SSSR count). The number of hydrogen-bond acceptors (Lipinski definition) is 3. The quantitative estimate of drug-likeness (QED) is 0.645. The lowest BCUT2D eigenvalue weighted by molar-refractivity contribution is -0.118. The van der Waals surface area contributed by atoms with Crippen LogP contribution in [0, 0.1) is 3.57 Å². The van der Waals surface area contributed by atoms with Gasteiger partial charge in [-0.1, -0.05) is 18.2 Å². The second kappa shape index (κ2) is 7.28. The minimum Gasteiger partial charge on any atom is -0.484 e.